The molecule has 4 heteroatoms. The first kappa shape index (κ1) is 12.7. The van der Waals surface area contributed by atoms with Gasteiger partial charge in [-0.15, -0.1) is 0 Å². The number of nitrogens with two attached hydrogens (primary N) is 1. The number of benzene rings is 1. The Morgan fingerprint density at radius 2 is 2.17 bits per heavy atom. The second-order valence-electron chi connectivity index (χ2n) is 5.44. The summed E-state index contributed by atoms with van der Waals surface area (Å²) in [5.41, 5.74) is 7.86. The molecule has 4 nitrogen and oxygen atoms in total. The number of nitrogen functional groups attached to an aromatic ring is 1. The second kappa shape index (κ2) is 4.52. The topological polar surface area (TPSA) is 64.3 Å². The number of aryl methyl sites for hydroxylation is 1. The van der Waals surface area contributed by atoms with Crippen LogP contribution < -0.4 is 15.8 Å². The van der Waals surface area contributed by atoms with E-state index >= 15 is 0 Å². The fourth-order valence-corrected chi connectivity index (χ4v) is 2.01. The predicted molar refractivity (Wildman–Crippen MR) is 72.8 cm³/mol. The number of fused-ring (bicyclic) bond motifs is 1. The minimum atomic E-state index is -0.545. The molecule has 1 aliphatic heterocycles. The Kier molecular flexibility index (Phi) is 3.20. The molecule has 0 bridgehead atoms. The van der Waals surface area contributed by atoms with Gasteiger partial charge in [0.25, 0.3) is 0 Å². The van der Waals surface area contributed by atoms with Gasteiger partial charge in [-0.25, -0.2) is 0 Å². The number of amides is 1. The maximum Gasteiger partial charge on any atom is 0.233 e. The van der Waals surface area contributed by atoms with Crippen molar-refractivity contribution in [2.75, 3.05) is 17.7 Å². The van der Waals surface area contributed by atoms with Gasteiger partial charge < -0.3 is 15.8 Å². The van der Waals surface area contributed by atoms with Crippen LogP contribution in [0.25, 0.3) is 0 Å². The zero-order chi connectivity index (χ0) is 13.3. The fourth-order valence-electron chi connectivity index (χ4n) is 2.01. The lowest BCUT2D eigenvalue weighted by molar-refractivity contribution is -0.124. The summed E-state index contributed by atoms with van der Waals surface area (Å²) in [4.78, 5) is 12.0. The van der Waals surface area contributed by atoms with Crippen molar-refractivity contribution >= 4 is 17.3 Å². The van der Waals surface area contributed by atoms with Crippen LogP contribution >= 0.6 is 0 Å². The number of carbonyl (C=O) groups is 1. The molecule has 0 spiro atoms. The largest absolute Gasteiger partial charge is 0.488 e. The average molecular weight is 248 g/mol. The van der Waals surface area contributed by atoms with Gasteiger partial charge in [0.1, 0.15) is 6.61 Å². The van der Waals surface area contributed by atoms with Crippen molar-refractivity contribution in [3.63, 3.8) is 0 Å². The summed E-state index contributed by atoms with van der Waals surface area (Å²) in [5, 5.41) is 2.91. The Labute approximate surface area is 108 Å². The quantitative estimate of drug-likeness (QED) is 0.791. The van der Waals surface area contributed by atoms with Gasteiger partial charge >= 0.3 is 0 Å². The van der Waals surface area contributed by atoms with Crippen molar-refractivity contribution in [1.82, 2.24) is 0 Å². The first-order chi connectivity index (χ1) is 8.44. The number of hydrogen-bond acceptors (Lipinski definition) is 3. The highest BCUT2D eigenvalue weighted by molar-refractivity contribution is 5.98. The van der Waals surface area contributed by atoms with Crippen LogP contribution in [0.1, 0.15) is 32.8 Å². The first-order valence-corrected chi connectivity index (χ1v) is 6.30. The van der Waals surface area contributed by atoms with E-state index in [2.05, 4.69) is 12.2 Å². The number of nitrogens with one attached hydrogen (secondary N) is 1. The summed E-state index contributed by atoms with van der Waals surface area (Å²) in [6, 6.07) is 3.88. The number of hydrogen-bond donors (Lipinski definition) is 2. The Morgan fingerprint density at radius 1 is 1.44 bits per heavy atom. The summed E-state index contributed by atoms with van der Waals surface area (Å²) in [6.45, 7) is 6.16. The van der Waals surface area contributed by atoms with E-state index in [1.807, 2.05) is 26.0 Å². The number of anilines is 2. The lowest BCUT2D eigenvalue weighted by Gasteiger charge is -2.18. The van der Waals surface area contributed by atoms with Crippen LogP contribution in [0.2, 0.25) is 0 Å². The molecule has 3 N–H and O–H groups in total. The molecular formula is C14H20N2O2. The van der Waals surface area contributed by atoms with Gasteiger partial charge in [0.2, 0.25) is 5.91 Å². The average Bonchev–Trinajstić information content (AvgIpc) is 2.38. The number of rotatable bonds is 2. The van der Waals surface area contributed by atoms with Crippen LogP contribution in [0.5, 0.6) is 5.75 Å². The normalized spacial score (nSPS) is 17.4. The van der Waals surface area contributed by atoms with Crippen LogP contribution in [0.15, 0.2) is 12.1 Å². The van der Waals surface area contributed by atoms with Crippen LogP contribution in [-0.2, 0) is 11.2 Å². The summed E-state index contributed by atoms with van der Waals surface area (Å²) < 4.78 is 5.69. The van der Waals surface area contributed by atoms with Crippen LogP contribution in [-0.4, -0.2) is 12.5 Å². The number of carbonyl (C=O) groups excluding carboxylic acids is 1. The Morgan fingerprint density at radius 3 is 2.83 bits per heavy atom. The zero-order valence-corrected chi connectivity index (χ0v) is 11.2. The molecule has 1 aliphatic rings. The Hall–Kier alpha value is -1.71. The molecule has 2 rings (SSSR count). The first-order valence-electron chi connectivity index (χ1n) is 6.30. The second-order valence-corrected chi connectivity index (χ2v) is 5.44. The molecule has 1 aromatic carbocycles. The lowest BCUT2D eigenvalue weighted by atomic mass is 9.94. The highest BCUT2D eigenvalue weighted by Gasteiger charge is 2.33. The smallest absolute Gasteiger partial charge is 0.233 e. The molecule has 98 valence electrons. The molecule has 0 fully saturated rings. The van der Waals surface area contributed by atoms with E-state index in [0.717, 1.165) is 18.4 Å². The van der Waals surface area contributed by atoms with E-state index < -0.39 is 5.41 Å². The molecule has 0 aromatic heterocycles. The summed E-state index contributed by atoms with van der Waals surface area (Å²) in [5.74, 6) is 0.558. The van der Waals surface area contributed by atoms with Gasteiger partial charge in [-0.2, -0.15) is 0 Å². The maximum absolute atomic E-state index is 12.0. The standard InChI is InChI=1S/C14H20N2O2/c1-4-5-9-6-10(15)12-11(7-9)16-13(17)14(2,3)8-18-12/h6-7H,4-5,8,15H2,1-3H3,(H,16,17). The summed E-state index contributed by atoms with van der Waals surface area (Å²) >= 11 is 0. The van der Waals surface area contributed by atoms with Crippen molar-refractivity contribution in [3.05, 3.63) is 17.7 Å². The van der Waals surface area contributed by atoms with Gasteiger partial charge in [-0.1, -0.05) is 13.3 Å². The number of ether oxygens (including phenoxy) is 1. The van der Waals surface area contributed by atoms with Crippen molar-refractivity contribution in [3.8, 4) is 5.75 Å². The van der Waals surface area contributed by atoms with Gasteiger partial charge in [0.15, 0.2) is 5.75 Å². The van der Waals surface area contributed by atoms with E-state index in [9.17, 15) is 4.79 Å². The molecule has 0 aliphatic carbocycles. The van der Waals surface area contributed by atoms with Crippen molar-refractivity contribution in [2.45, 2.75) is 33.6 Å². The van der Waals surface area contributed by atoms with Crippen LogP contribution in [0.4, 0.5) is 11.4 Å². The molecule has 0 radical (unpaired) electrons. The van der Waals surface area contributed by atoms with Crippen molar-refractivity contribution in [1.29, 1.82) is 0 Å². The molecular weight excluding hydrogens is 228 g/mol. The molecule has 1 heterocycles. The van der Waals surface area contributed by atoms with Gasteiger partial charge in [0, 0.05) is 0 Å². The highest BCUT2D eigenvalue weighted by Crippen LogP contribution is 2.37. The Bertz CT molecular complexity index is 481. The van der Waals surface area contributed by atoms with Crippen molar-refractivity contribution < 1.29 is 9.53 Å². The van der Waals surface area contributed by atoms with E-state index in [0.29, 0.717) is 23.7 Å². The van der Waals surface area contributed by atoms with E-state index in [1.165, 1.54) is 0 Å². The lowest BCUT2D eigenvalue weighted by Crippen LogP contribution is -2.33. The van der Waals surface area contributed by atoms with E-state index in [-0.39, 0.29) is 5.91 Å². The SMILES string of the molecule is CCCc1cc(N)c2c(c1)NC(=O)C(C)(C)CO2. The van der Waals surface area contributed by atoms with E-state index in [1.54, 1.807) is 0 Å². The molecule has 18 heavy (non-hydrogen) atoms. The summed E-state index contributed by atoms with van der Waals surface area (Å²) in [6.07, 6.45) is 1.98. The van der Waals surface area contributed by atoms with Gasteiger partial charge in [0.05, 0.1) is 16.8 Å². The minimum Gasteiger partial charge on any atom is -0.488 e. The maximum atomic E-state index is 12.0. The molecule has 0 atom stereocenters. The van der Waals surface area contributed by atoms with Crippen molar-refractivity contribution in [2.24, 2.45) is 5.41 Å². The van der Waals surface area contributed by atoms with Crippen LogP contribution in [0.3, 0.4) is 0 Å². The van der Waals surface area contributed by atoms with Gasteiger partial charge in [-0.3, -0.25) is 4.79 Å². The fraction of sp³-hybridized carbons (Fsp3) is 0.500. The summed E-state index contributed by atoms with van der Waals surface area (Å²) in [7, 11) is 0. The van der Waals surface area contributed by atoms with Gasteiger partial charge in [-0.05, 0) is 38.0 Å². The van der Waals surface area contributed by atoms with E-state index in [4.69, 9.17) is 10.5 Å². The monoisotopic (exact) mass is 248 g/mol. The molecule has 1 amide bonds. The predicted octanol–water partition coefficient (Wildman–Crippen LogP) is 2.58. The van der Waals surface area contributed by atoms with Crippen LogP contribution in [0, 0.1) is 5.41 Å². The molecule has 0 saturated carbocycles. The molecule has 0 saturated heterocycles. The third kappa shape index (κ3) is 2.28. The zero-order valence-electron chi connectivity index (χ0n) is 11.2. The third-order valence-electron chi connectivity index (χ3n) is 3.16. The third-order valence-corrected chi connectivity index (χ3v) is 3.16. The molecule has 1 aromatic rings. The highest BCUT2D eigenvalue weighted by atomic mass is 16.5. The minimum absolute atomic E-state index is 0.0331. The molecule has 0 unspecified atom stereocenters. The Balaban J connectivity index is 2.41.